The Kier molecular flexibility index (Phi) is 3.31. The van der Waals surface area contributed by atoms with Crippen molar-refractivity contribution >= 4 is 21.7 Å². The Bertz CT molecular complexity index is 283. The predicted octanol–water partition coefficient (Wildman–Crippen LogP) is 1.08. The largest absolute Gasteiger partial charge is 0.374 e. The molecule has 0 aromatic carbocycles. The topological polar surface area (TPSA) is 38.2 Å². The van der Waals surface area contributed by atoms with Gasteiger partial charge in [0.25, 0.3) is 0 Å². The average Bonchev–Trinajstić information content (AvgIpc) is 2.30. The van der Waals surface area contributed by atoms with Crippen molar-refractivity contribution in [2.75, 3.05) is 29.9 Å². The van der Waals surface area contributed by atoms with Crippen LogP contribution in [0.25, 0.3) is 0 Å². The summed E-state index contributed by atoms with van der Waals surface area (Å²) in [5, 5.41) is 8.81. The van der Waals surface area contributed by atoms with Crippen LogP contribution in [-0.4, -0.2) is 41.3 Å². The Morgan fingerprint density at radius 3 is 3.29 bits per heavy atom. The molecule has 0 spiro atoms. The van der Waals surface area contributed by atoms with Crippen LogP contribution in [0.1, 0.15) is 0 Å². The van der Waals surface area contributed by atoms with Gasteiger partial charge in [-0.05, 0) is 12.1 Å². The van der Waals surface area contributed by atoms with Gasteiger partial charge < -0.3 is 9.64 Å². The van der Waals surface area contributed by atoms with Gasteiger partial charge in [-0.25, -0.2) is 0 Å². The lowest BCUT2D eigenvalue weighted by Crippen LogP contribution is -2.43. The maximum absolute atomic E-state index is 5.54. The van der Waals surface area contributed by atoms with Crippen LogP contribution < -0.4 is 4.90 Å². The Morgan fingerprint density at radius 1 is 1.64 bits per heavy atom. The van der Waals surface area contributed by atoms with Crippen LogP contribution in [0.3, 0.4) is 0 Å². The Labute approximate surface area is 91.4 Å². The number of ether oxygens (including phenoxy) is 1. The minimum absolute atomic E-state index is 0.255. The van der Waals surface area contributed by atoms with E-state index in [0.717, 1.165) is 30.8 Å². The summed E-state index contributed by atoms with van der Waals surface area (Å²) >= 11 is 3.42. The molecule has 1 atom stereocenters. The number of rotatable bonds is 2. The molecule has 5 heteroatoms. The van der Waals surface area contributed by atoms with E-state index in [1.807, 2.05) is 12.1 Å². The van der Waals surface area contributed by atoms with E-state index in [-0.39, 0.29) is 6.10 Å². The second kappa shape index (κ2) is 4.70. The first-order chi connectivity index (χ1) is 6.90. The lowest BCUT2D eigenvalue weighted by Gasteiger charge is -2.32. The summed E-state index contributed by atoms with van der Waals surface area (Å²) in [4.78, 5) is 2.20. The van der Waals surface area contributed by atoms with E-state index in [1.165, 1.54) is 0 Å². The summed E-state index contributed by atoms with van der Waals surface area (Å²) in [5.41, 5.74) is 0. The number of anilines is 1. The molecule has 2 rings (SSSR count). The van der Waals surface area contributed by atoms with Gasteiger partial charge in [-0.15, -0.1) is 5.10 Å². The monoisotopic (exact) mass is 257 g/mol. The van der Waals surface area contributed by atoms with E-state index < -0.39 is 0 Å². The van der Waals surface area contributed by atoms with Crippen LogP contribution in [0.4, 0.5) is 5.82 Å². The van der Waals surface area contributed by atoms with Crippen molar-refractivity contribution in [2.45, 2.75) is 6.10 Å². The van der Waals surface area contributed by atoms with Crippen molar-refractivity contribution in [3.63, 3.8) is 0 Å². The minimum atomic E-state index is 0.255. The number of halogens is 1. The first kappa shape index (κ1) is 9.86. The fourth-order valence-corrected chi connectivity index (χ4v) is 1.87. The highest BCUT2D eigenvalue weighted by Gasteiger charge is 2.20. The molecule has 1 aromatic rings. The van der Waals surface area contributed by atoms with Crippen LogP contribution in [0.2, 0.25) is 0 Å². The molecule has 0 amide bonds. The van der Waals surface area contributed by atoms with Crippen LogP contribution >= 0.6 is 15.9 Å². The van der Waals surface area contributed by atoms with Crippen LogP contribution in [0.5, 0.6) is 0 Å². The zero-order valence-corrected chi connectivity index (χ0v) is 9.35. The Balaban J connectivity index is 2.04. The quantitative estimate of drug-likeness (QED) is 0.744. The highest BCUT2D eigenvalue weighted by molar-refractivity contribution is 9.09. The molecule has 1 aliphatic rings. The van der Waals surface area contributed by atoms with Gasteiger partial charge in [0, 0.05) is 24.6 Å². The van der Waals surface area contributed by atoms with Gasteiger partial charge in [-0.3, -0.25) is 0 Å². The van der Waals surface area contributed by atoms with Gasteiger partial charge in [-0.2, -0.15) is 5.10 Å². The second-order valence-corrected chi connectivity index (χ2v) is 3.82. The van der Waals surface area contributed by atoms with Crippen LogP contribution in [0, 0.1) is 0 Å². The van der Waals surface area contributed by atoms with Gasteiger partial charge in [0.05, 0.1) is 12.7 Å². The molecule has 0 radical (unpaired) electrons. The van der Waals surface area contributed by atoms with Gasteiger partial charge in [0.1, 0.15) is 0 Å². The summed E-state index contributed by atoms with van der Waals surface area (Å²) < 4.78 is 5.54. The molecular weight excluding hydrogens is 246 g/mol. The standard InChI is InChI=1S/C9H12BrN3O/c10-6-8-7-13(4-5-14-8)9-2-1-3-11-12-9/h1-3,8H,4-7H2. The van der Waals surface area contributed by atoms with Gasteiger partial charge >= 0.3 is 0 Å². The average molecular weight is 258 g/mol. The maximum atomic E-state index is 5.54. The normalized spacial score (nSPS) is 22.4. The molecule has 1 fully saturated rings. The molecule has 76 valence electrons. The molecule has 1 aliphatic heterocycles. The number of nitrogens with zero attached hydrogens (tertiary/aromatic N) is 3. The van der Waals surface area contributed by atoms with E-state index in [2.05, 4.69) is 31.0 Å². The van der Waals surface area contributed by atoms with E-state index >= 15 is 0 Å². The summed E-state index contributed by atoms with van der Waals surface area (Å²) in [7, 11) is 0. The molecule has 1 saturated heterocycles. The SMILES string of the molecule is BrCC1CN(c2cccnn2)CCO1. The van der Waals surface area contributed by atoms with E-state index in [4.69, 9.17) is 4.74 Å². The third-order valence-corrected chi connectivity index (χ3v) is 2.92. The van der Waals surface area contributed by atoms with Crippen molar-refractivity contribution in [2.24, 2.45) is 0 Å². The van der Waals surface area contributed by atoms with Crippen molar-refractivity contribution in [1.82, 2.24) is 10.2 Å². The molecule has 0 N–H and O–H groups in total. The van der Waals surface area contributed by atoms with E-state index in [0.29, 0.717) is 0 Å². The van der Waals surface area contributed by atoms with Crippen molar-refractivity contribution < 1.29 is 4.74 Å². The van der Waals surface area contributed by atoms with Gasteiger partial charge in [-0.1, -0.05) is 15.9 Å². The summed E-state index contributed by atoms with van der Waals surface area (Å²) in [6, 6.07) is 3.88. The van der Waals surface area contributed by atoms with E-state index in [1.54, 1.807) is 6.20 Å². The number of hydrogen-bond acceptors (Lipinski definition) is 4. The van der Waals surface area contributed by atoms with Crippen LogP contribution in [0.15, 0.2) is 18.3 Å². The molecule has 4 nitrogen and oxygen atoms in total. The zero-order chi connectivity index (χ0) is 9.80. The minimum Gasteiger partial charge on any atom is -0.374 e. The number of alkyl halides is 1. The summed E-state index contributed by atoms with van der Waals surface area (Å²) in [6.07, 6.45) is 1.94. The zero-order valence-electron chi connectivity index (χ0n) is 7.77. The molecule has 0 saturated carbocycles. The molecule has 2 heterocycles. The fourth-order valence-electron chi connectivity index (χ4n) is 1.48. The first-order valence-corrected chi connectivity index (χ1v) is 5.72. The van der Waals surface area contributed by atoms with Crippen molar-refractivity contribution in [3.05, 3.63) is 18.3 Å². The van der Waals surface area contributed by atoms with Crippen molar-refractivity contribution in [3.8, 4) is 0 Å². The molecule has 14 heavy (non-hydrogen) atoms. The van der Waals surface area contributed by atoms with Crippen LogP contribution in [-0.2, 0) is 4.74 Å². The summed E-state index contributed by atoms with van der Waals surface area (Å²) in [6.45, 7) is 2.53. The highest BCUT2D eigenvalue weighted by Crippen LogP contribution is 2.14. The smallest absolute Gasteiger partial charge is 0.151 e. The lowest BCUT2D eigenvalue weighted by molar-refractivity contribution is 0.0567. The third-order valence-electron chi connectivity index (χ3n) is 2.19. The first-order valence-electron chi connectivity index (χ1n) is 4.60. The van der Waals surface area contributed by atoms with Crippen molar-refractivity contribution in [1.29, 1.82) is 0 Å². The Hall–Kier alpha value is -0.680. The second-order valence-electron chi connectivity index (χ2n) is 3.17. The number of aromatic nitrogens is 2. The van der Waals surface area contributed by atoms with E-state index in [9.17, 15) is 0 Å². The maximum Gasteiger partial charge on any atom is 0.151 e. The molecular formula is C9H12BrN3O. The third kappa shape index (κ3) is 2.22. The number of hydrogen-bond donors (Lipinski definition) is 0. The number of morpholine rings is 1. The highest BCUT2D eigenvalue weighted by atomic mass is 79.9. The van der Waals surface area contributed by atoms with Gasteiger partial charge in [0.2, 0.25) is 0 Å². The lowest BCUT2D eigenvalue weighted by atomic mass is 10.3. The Morgan fingerprint density at radius 2 is 2.57 bits per heavy atom. The molecule has 0 bridgehead atoms. The molecule has 1 aromatic heterocycles. The summed E-state index contributed by atoms with van der Waals surface area (Å²) in [5.74, 6) is 0.932. The molecule has 1 unspecified atom stereocenters. The predicted molar refractivity (Wildman–Crippen MR) is 57.8 cm³/mol. The van der Waals surface area contributed by atoms with Gasteiger partial charge in [0.15, 0.2) is 5.82 Å². The fraction of sp³-hybridized carbons (Fsp3) is 0.556. The molecule has 0 aliphatic carbocycles.